The number of carbonyl (C=O) groups excluding carboxylic acids is 1. The van der Waals surface area contributed by atoms with Crippen LogP contribution in [0.1, 0.15) is 10.4 Å². The molecular weight excluding hydrogens is 196 g/mol. The van der Waals surface area contributed by atoms with Crippen LogP contribution in [0, 0.1) is 0 Å². The van der Waals surface area contributed by atoms with Crippen molar-refractivity contribution in [3.63, 3.8) is 0 Å². The fraction of sp³-hybridized carbons (Fsp3) is 0. The summed E-state index contributed by atoms with van der Waals surface area (Å²) in [6.07, 6.45) is 2.78. The molecule has 15 heavy (non-hydrogen) atoms. The van der Waals surface area contributed by atoms with Crippen molar-refractivity contribution in [3.05, 3.63) is 36.2 Å². The Morgan fingerprint density at radius 2 is 2.20 bits per heavy atom. The van der Waals surface area contributed by atoms with Gasteiger partial charge in [0.2, 0.25) is 11.8 Å². The van der Waals surface area contributed by atoms with Crippen LogP contribution in [0.15, 0.2) is 30.6 Å². The molecule has 0 saturated heterocycles. The van der Waals surface area contributed by atoms with E-state index in [0.29, 0.717) is 11.4 Å². The van der Waals surface area contributed by atoms with E-state index < -0.39 is 5.91 Å². The lowest BCUT2D eigenvalue weighted by Gasteiger charge is -2.01. The topological polar surface area (TPSA) is 94.0 Å². The zero-order valence-corrected chi connectivity index (χ0v) is 7.66. The molecule has 0 fully saturated rings. The summed E-state index contributed by atoms with van der Waals surface area (Å²) in [6.45, 7) is 0. The minimum atomic E-state index is -0.543. The number of rotatable bonds is 2. The molecule has 0 unspecified atom stereocenters. The van der Waals surface area contributed by atoms with Crippen molar-refractivity contribution < 1.29 is 9.90 Å². The molecular formula is C9H8N4O2. The van der Waals surface area contributed by atoms with E-state index >= 15 is 0 Å². The average molecular weight is 204 g/mol. The number of nitrogens with two attached hydrogens (primary N) is 1. The van der Waals surface area contributed by atoms with Crippen LogP contribution >= 0.6 is 0 Å². The summed E-state index contributed by atoms with van der Waals surface area (Å²) >= 11 is 0. The molecule has 0 radical (unpaired) electrons. The highest BCUT2D eigenvalue weighted by Gasteiger charge is 2.05. The standard InChI is InChI=1S/C9H8N4O2/c10-9(15)6-1-2-7(11-5-6)13-8(14)3-4-12-13/h1-5,14H,(H2,10,15). The Bertz CT molecular complexity index is 489. The van der Waals surface area contributed by atoms with Gasteiger partial charge in [-0.15, -0.1) is 0 Å². The van der Waals surface area contributed by atoms with Gasteiger partial charge in [-0.3, -0.25) is 4.79 Å². The van der Waals surface area contributed by atoms with Gasteiger partial charge < -0.3 is 10.8 Å². The third kappa shape index (κ3) is 1.64. The Morgan fingerprint density at radius 3 is 2.67 bits per heavy atom. The Hall–Kier alpha value is -2.37. The first kappa shape index (κ1) is 9.20. The van der Waals surface area contributed by atoms with Crippen LogP contribution in [-0.4, -0.2) is 25.8 Å². The second-order valence-electron chi connectivity index (χ2n) is 2.87. The van der Waals surface area contributed by atoms with E-state index in [0.717, 1.165) is 0 Å². The number of aromatic hydroxyl groups is 1. The summed E-state index contributed by atoms with van der Waals surface area (Å²) in [4.78, 5) is 14.7. The van der Waals surface area contributed by atoms with E-state index in [1.807, 2.05) is 0 Å². The van der Waals surface area contributed by atoms with E-state index in [1.54, 1.807) is 6.07 Å². The lowest BCUT2D eigenvalue weighted by Crippen LogP contribution is -2.11. The maximum atomic E-state index is 10.8. The lowest BCUT2D eigenvalue weighted by molar-refractivity contribution is 0.1000. The van der Waals surface area contributed by atoms with Gasteiger partial charge in [-0.2, -0.15) is 9.78 Å². The third-order valence-electron chi connectivity index (χ3n) is 1.87. The van der Waals surface area contributed by atoms with Gasteiger partial charge in [0.25, 0.3) is 0 Å². The maximum Gasteiger partial charge on any atom is 0.250 e. The molecule has 0 bridgehead atoms. The van der Waals surface area contributed by atoms with Crippen LogP contribution in [0.4, 0.5) is 0 Å². The molecule has 0 aromatic carbocycles. The van der Waals surface area contributed by atoms with Crippen molar-refractivity contribution >= 4 is 5.91 Å². The third-order valence-corrected chi connectivity index (χ3v) is 1.87. The fourth-order valence-corrected chi connectivity index (χ4v) is 1.13. The molecule has 2 heterocycles. The van der Waals surface area contributed by atoms with Crippen LogP contribution in [0.3, 0.4) is 0 Å². The van der Waals surface area contributed by atoms with Crippen molar-refractivity contribution in [1.29, 1.82) is 0 Å². The number of amides is 1. The monoisotopic (exact) mass is 204 g/mol. The number of nitrogens with zero attached hydrogens (tertiary/aromatic N) is 3. The van der Waals surface area contributed by atoms with E-state index in [9.17, 15) is 9.90 Å². The smallest absolute Gasteiger partial charge is 0.250 e. The number of hydrogen-bond donors (Lipinski definition) is 2. The van der Waals surface area contributed by atoms with Gasteiger partial charge in [0.05, 0.1) is 11.8 Å². The van der Waals surface area contributed by atoms with Crippen LogP contribution in [0.5, 0.6) is 5.88 Å². The highest BCUT2D eigenvalue weighted by atomic mass is 16.3. The molecule has 0 aliphatic carbocycles. The number of pyridine rings is 1. The van der Waals surface area contributed by atoms with Gasteiger partial charge in [-0.25, -0.2) is 4.98 Å². The first-order valence-electron chi connectivity index (χ1n) is 4.17. The largest absolute Gasteiger partial charge is 0.493 e. The van der Waals surface area contributed by atoms with Crippen molar-refractivity contribution in [2.45, 2.75) is 0 Å². The Labute approximate surface area is 85.0 Å². The number of aromatic nitrogens is 3. The molecule has 2 rings (SSSR count). The highest BCUT2D eigenvalue weighted by molar-refractivity contribution is 5.92. The van der Waals surface area contributed by atoms with E-state index in [1.165, 1.54) is 29.2 Å². The number of hydrogen-bond acceptors (Lipinski definition) is 4. The molecule has 0 spiro atoms. The second-order valence-corrected chi connectivity index (χ2v) is 2.87. The van der Waals surface area contributed by atoms with Crippen molar-refractivity contribution in [1.82, 2.24) is 14.8 Å². The van der Waals surface area contributed by atoms with Crippen LogP contribution in [0.2, 0.25) is 0 Å². The first-order chi connectivity index (χ1) is 7.18. The maximum absolute atomic E-state index is 10.8. The number of carbonyl (C=O) groups is 1. The molecule has 2 aromatic heterocycles. The minimum Gasteiger partial charge on any atom is -0.493 e. The van der Waals surface area contributed by atoms with E-state index in [2.05, 4.69) is 10.1 Å². The molecule has 0 atom stereocenters. The summed E-state index contributed by atoms with van der Waals surface area (Å²) in [5.41, 5.74) is 5.37. The van der Waals surface area contributed by atoms with Crippen molar-refractivity contribution in [3.8, 4) is 11.7 Å². The Balaban J connectivity index is 2.40. The van der Waals surface area contributed by atoms with Gasteiger partial charge in [0.15, 0.2) is 5.82 Å². The summed E-state index contributed by atoms with van der Waals surface area (Å²) in [5, 5.41) is 13.2. The summed E-state index contributed by atoms with van der Waals surface area (Å²) in [7, 11) is 0. The van der Waals surface area contributed by atoms with Crippen LogP contribution in [-0.2, 0) is 0 Å². The molecule has 6 heteroatoms. The fourth-order valence-electron chi connectivity index (χ4n) is 1.13. The predicted molar refractivity (Wildman–Crippen MR) is 51.5 cm³/mol. The molecule has 0 saturated carbocycles. The van der Waals surface area contributed by atoms with Crippen molar-refractivity contribution in [2.24, 2.45) is 5.73 Å². The van der Waals surface area contributed by atoms with E-state index in [-0.39, 0.29) is 5.88 Å². The molecule has 76 valence electrons. The Morgan fingerprint density at radius 1 is 1.40 bits per heavy atom. The SMILES string of the molecule is NC(=O)c1ccc(-n2nccc2O)nc1. The molecule has 6 nitrogen and oxygen atoms in total. The zero-order chi connectivity index (χ0) is 10.8. The van der Waals surface area contributed by atoms with Gasteiger partial charge in [0, 0.05) is 12.3 Å². The molecule has 0 aliphatic heterocycles. The van der Waals surface area contributed by atoms with E-state index in [4.69, 9.17) is 5.73 Å². The van der Waals surface area contributed by atoms with Crippen LogP contribution in [0.25, 0.3) is 5.82 Å². The second kappa shape index (κ2) is 3.41. The van der Waals surface area contributed by atoms with Gasteiger partial charge >= 0.3 is 0 Å². The van der Waals surface area contributed by atoms with Gasteiger partial charge in [-0.05, 0) is 12.1 Å². The number of primary amides is 1. The van der Waals surface area contributed by atoms with Crippen LogP contribution < -0.4 is 5.73 Å². The first-order valence-corrected chi connectivity index (χ1v) is 4.17. The normalized spacial score (nSPS) is 10.1. The molecule has 2 aromatic rings. The predicted octanol–water partition coefficient (Wildman–Crippen LogP) is 0.0718. The lowest BCUT2D eigenvalue weighted by atomic mass is 10.3. The van der Waals surface area contributed by atoms with Gasteiger partial charge in [0.1, 0.15) is 0 Å². The minimum absolute atomic E-state index is 0.0191. The Kier molecular flexibility index (Phi) is 2.09. The summed E-state index contributed by atoms with van der Waals surface area (Å²) in [5.74, 6) is -0.143. The average Bonchev–Trinajstić information content (AvgIpc) is 2.65. The summed E-state index contributed by atoms with van der Waals surface area (Å²) in [6, 6.07) is 4.50. The molecule has 3 N–H and O–H groups in total. The highest BCUT2D eigenvalue weighted by Crippen LogP contribution is 2.12. The van der Waals surface area contributed by atoms with Crippen molar-refractivity contribution in [2.75, 3.05) is 0 Å². The zero-order valence-electron chi connectivity index (χ0n) is 7.66. The summed E-state index contributed by atoms with van der Waals surface area (Å²) < 4.78 is 1.24. The molecule has 1 amide bonds. The molecule has 0 aliphatic rings. The quantitative estimate of drug-likeness (QED) is 0.723. The van der Waals surface area contributed by atoms with Gasteiger partial charge in [-0.1, -0.05) is 0 Å².